The van der Waals surface area contributed by atoms with E-state index in [1.54, 1.807) is 18.2 Å². The first-order valence-corrected chi connectivity index (χ1v) is 9.04. The van der Waals surface area contributed by atoms with Crippen molar-refractivity contribution in [2.75, 3.05) is 0 Å². The smallest absolute Gasteiger partial charge is 0.123 e. The molecule has 0 saturated carbocycles. The number of aryl methyl sites for hydroxylation is 2. The maximum absolute atomic E-state index is 11.9. The Morgan fingerprint density at radius 1 is 0.609 bits per heavy atom. The maximum atomic E-state index is 11.9. The van der Waals surface area contributed by atoms with Gasteiger partial charge in [0.25, 0.3) is 0 Å². The van der Waals surface area contributed by atoms with Crippen molar-refractivity contribution in [3.05, 3.63) is 71.5 Å². The largest absolute Gasteiger partial charge is 0.207 e. The topological polar surface area (TPSA) is 0 Å². The van der Waals surface area contributed by atoms with Crippen molar-refractivity contribution < 1.29 is 4.39 Å². The highest BCUT2D eigenvalue weighted by Crippen LogP contribution is 2.11. The molecule has 0 unspecified atom stereocenters. The summed E-state index contributed by atoms with van der Waals surface area (Å²) >= 11 is 0. The van der Waals surface area contributed by atoms with Crippen LogP contribution in [0.3, 0.4) is 0 Å². The van der Waals surface area contributed by atoms with Crippen LogP contribution in [0.2, 0.25) is 0 Å². The third-order valence-electron chi connectivity index (χ3n) is 3.89. The molecule has 0 atom stereocenters. The summed E-state index contributed by atoms with van der Waals surface area (Å²) in [5.41, 5.74) is 3.01. The summed E-state index contributed by atoms with van der Waals surface area (Å²) in [5, 5.41) is 0. The average molecular weight is 314 g/mol. The lowest BCUT2D eigenvalue weighted by Gasteiger charge is -2.04. The number of halogens is 1. The van der Waals surface area contributed by atoms with Gasteiger partial charge in [-0.25, -0.2) is 4.39 Å². The van der Waals surface area contributed by atoms with Crippen molar-refractivity contribution in [1.29, 1.82) is 0 Å². The number of unbranched alkanes of at least 4 members (excludes halogenated alkanes) is 4. The second kappa shape index (κ2) is 12.9. The van der Waals surface area contributed by atoms with E-state index in [4.69, 9.17) is 0 Å². The van der Waals surface area contributed by atoms with Crippen LogP contribution in [-0.4, -0.2) is 0 Å². The van der Waals surface area contributed by atoms with Crippen LogP contribution in [0.25, 0.3) is 0 Å². The van der Waals surface area contributed by atoms with Crippen molar-refractivity contribution >= 4 is 0 Å². The molecule has 1 heteroatoms. The van der Waals surface area contributed by atoms with Gasteiger partial charge >= 0.3 is 0 Å². The first-order chi connectivity index (χ1) is 11.3. The molecule has 0 heterocycles. The maximum Gasteiger partial charge on any atom is 0.123 e. The summed E-state index contributed by atoms with van der Waals surface area (Å²) < 4.78 is 11.9. The Hall–Kier alpha value is -1.63. The fourth-order valence-electron chi connectivity index (χ4n) is 2.45. The van der Waals surface area contributed by atoms with Crippen molar-refractivity contribution in [3.63, 3.8) is 0 Å². The number of hydrogen-bond donors (Lipinski definition) is 0. The summed E-state index contributed by atoms with van der Waals surface area (Å²) in [6.07, 6.45) is 10.5. The fraction of sp³-hybridized carbons (Fsp3) is 0.455. The molecule has 0 nitrogen and oxygen atoms in total. The summed E-state index contributed by atoms with van der Waals surface area (Å²) in [4.78, 5) is 0. The third-order valence-corrected chi connectivity index (χ3v) is 3.89. The normalized spacial score (nSPS) is 10.0. The quantitative estimate of drug-likeness (QED) is 0.461. The Labute approximate surface area is 141 Å². The summed E-state index contributed by atoms with van der Waals surface area (Å²) in [5.74, 6) is -0.178. The van der Waals surface area contributed by atoms with Crippen molar-refractivity contribution in [2.45, 2.75) is 65.2 Å². The average Bonchev–Trinajstić information content (AvgIpc) is 2.58. The van der Waals surface area contributed by atoms with Gasteiger partial charge in [-0.05, 0) is 48.9 Å². The second-order valence-corrected chi connectivity index (χ2v) is 6.03. The fourth-order valence-corrected chi connectivity index (χ4v) is 2.45. The zero-order chi connectivity index (χ0) is 16.8. The van der Waals surface area contributed by atoms with E-state index in [9.17, 15) is 4.39 Å². The van der Waals surface area contributed by atoms with E-state index in [2.05, 4.69) is 38.1 Å². The van der Waals surface area contributed by atoms with Gasteiger partial charge < -0.3 is 0 Å². The van der Waals surface area contributed by atoms with Crippen LogP contribution >= 0.6 is 0 Å². The minimum absolute atomic E-state index is 0.178. The lowest BCUT2D eigenvalue weighted by Crippen LogP contribution is -1.88. The van der Waals surface area contributed by atoms with Crippen LogP contribution < -0.4 is 0 Å². The molecule has 2 aromatic rings. The van der Waals surface area contributed by atoms with Crippen LogP contribution in [0.5, 0.6) is 0 Å². The first kappa shape index (κ1) is 19.4. The van der Waals surface area contributed by atoms with E-state index in [1.807, 2.05) is 0 Å². The predicted octanol–water partition coefficient (Wildman–Crippen LogP) is 6.98. The Kier molecular flexibility index (Phi) is 10.9. The van der Waals surface area contributed by atoms with Gasteiger partial charge in [-0.1, -0.05) is 82.0 Å². The Morgan fingerprint density at radius 3 is 1.35 bits per heavy atom. The van der Waals surface area contributed by atoms with Gasteiger partial charge in [-0.3, -0.25) is 0 Å². The molecule has 2 rings (SSSR count). The molecule has 0 aliphatic heterocycles. The van der Waals surface area contributed by atoms with Gasteiger partial charge in [0.2, 0.25) is 0 Å². The summed E-state index contributed by atoms with van der Waals surface area (Å²) in [6.45, 7) is 4.52. The Morgan fingerprint density at radius 2 is 1.04 bits per heavy atom. The van der Waals surface area contributed by atoms with Gasteiger partial charge in [-0.2, -0.15) is 0 Å². The monoisotopic (exact) mass is 314 g/mol. The molecule has 23 heavy (non-hydrogen) atoms. The predicted molar refractivity (Wildman–Crippen MR) is 99.3 cm³/mol. The highest BCUT2D eigenvalue weighted by molar-refractivity contribution is 5.22. The third kappa shape index (κ3) is 9.89. The minimum atomic E-state index is -0.178. The van der Waals surface area contributed by atoms with E-state index in [0.29, 0.717) is 0 Å². The molecule has 0 radical (unpaired) electrons. The zero-order valence-electron chi connectivity index (χ0n) is 14.7. The molecule has 0 saturated heterocycles. The molecule has 0 N–H and O–H groups in total. The molecule has 0 fully saturated rings. The van der Waals surface area contributed by atoms with Gasteiger partial charge in [0.15, 0.2) is 0 Å². The zero-order valence-corrected chi connectivity index (χ0v) is 14.7. The second-order valence-electron chi connectivity index (χ2n) is 6.03. The van der Waals surface area contributed by atoms with Crippen LogP contribution in [0, 0.1) is 5.82 Å². The standard InChI is InChI=1S/C16H26.C6H5F/c1-3-5-7-9-15-11-13-16(14-12-15)10-8-6-4-2;7-6-4-2-1-3-5-6/h11-14H,3-10H2,1-2H3;1-5H. The van der Waals surface area contributed by atoms with Gasteiger partial charge in [-0.15, -0.1) is 0 Å². The molecule has 2 aromatic carbocycles. The Bertz CT molecular complexity index is 458. The van der Waals surface area contributed by atoms with Crippen LogP contribution in [0.4, 0.5) is 4.39 Å². The highest BCUT2D eigenvalue weighted by atomic mass is 19.1. The molecular weight excluding hydrogens is 283 g/mol. The molecule has 0 aliphatic rings. The number of benzene rings is 2. The van der Waals surface area contributed by atoms with E-state index >= 15 is 0 Å². The van der Waals surface area contributed by atoms with E-state index in [1.165, 1.54) is 74.6 Å². The van der Waals surface area contributed by atoms with Crippen LogP contribution in [0.15, 0.2) is 54.6 Å². The first-order valence-electron chi connectivity index (χ1n) is 9.04. The molecule has 0 aliphatic carbocycles. The van der Waals surface area contributed by atoms with Crippen LogP contribution in [0.1, 0.15) is 63.5 Å². The lowest BCUT2D eigenvalue weighted by atomic mass is 10.0. The molecule has 0 aromatic heterocycles. The highest BCUT2D eigenvalue weighted by Gasteiger charge is 1.95. The molecule has 0 amide bonds. The summed E-state index contributed by atoms with van der Waals surface area (Å²) in [6, 6.07) is 17.2. The Balaban J connectivity index is 0.000000313. The lowest BCUT2D eigenvalue weighted by molar-refractivity contribution is 0.628. The van der Waals surface area contributed by atoms with Crippen LogP contribution in [-0.2, 0) is 12.8 Å². The van der Waals surface area contributed by atoms with Gasteiger partial charge in [0, 0.05) is 0 Å². The van der Waals surface area contributed by atoms with Crippen molar-refractivity contribution in [2.24, 2.45) is 0 Å². The molecule has 0 bridgehead atoms. The number of rotatable bonds is 8. The van der Waals surface area contributed by atoms with E-state index < -0.39 is 0 Å². The SMILES string of the molecule is CCCCCc1ccc(CCCCC)cc1.Fc1ccccc1. The van der Waals surface area contributed by atoms with E-state index in [-0.39, 0.29) is 5.82 Å². The van der Waals surface area contributed by atoms with Crippen molar-refractivity contribution in [1.82, 2.24) is 0 Å². The molecular formula is C22H31F. The van der Waals surface area contributed by atoms with Gasteiger partial charge in [0.05, 0.1) is 0 Å². The molecule has 0 spiro atoms. The van der Waals surface area contributed by atoms with E-state index in [0.717, 1.165) is 0 Å². The summed E-state index contributed by atoms with van der Waals surface area (Å²) in [7, 11) is 0. The molecule has 126 valence electrons. The minimum Gasteiger partial charge on any atom is -0.207 e. The number of hydrogen-bond acceptors (Lipinski definition) is 0. The van der Waals surface area contributed by atoms with Crippen molar-refractivity contribution in [3.8, 4) is 0 Å². The van der Waals surface area contributed by atoms with Gasteiger partial charge in [0.1, 0.15) is 5.82 Å².